The molecule has 1 fully saturated rings. The van der Waals surface area contributed by atoms with Crippen LogP contribution in [0.15, 0.2) is 47.3 Å². The highest BCUT2D eigenvalue weighted by Gasteiger charge is 2.32. The molecule has 1 aliphatic carbocycles. The van der Waals surface area contributed by atoms with Crippen molar-refractivity contribution in [2.24, 2.45) is 11.8 Å². The van der Waals surface area contributed by atoms with E-state index in [2.05, 4.69) is 20.6 Å². The number of hydrogen-bond donors (Lipinski definition) is 5. The van der Waals surface area contributed by atoms with E-state index in [-0.39, 0.29) is 24.5 Å². The highest BCUT2D eigenvalue weighted by atomic mass is 16.3. The van der Waals surface area contributed by atoms with Gasteiger partial charge in [0.2, 0.25) is 5.91 Å². The number of aliphatic hydroxyl groups excluding tert-OH is 2. The Hall–Kier alpha value is -3.17. The predicted molar refractivity (Wildman–Crippen MR) is 144 cm³/mol. The van der Waals surface area contributed by atoms with Crippen molar-refractivity contribution in [2.45, 2.75) is 89.5 Å². The topological polar surface area (TPSA) is 140 Å². The molecule has 1 saturated carbocycles. The predicted octanol–water partition coefficient (Wildman–Crippen LogP) is 3.72. The first kappa shape index (κ1) is 27.9. The third kappa shape index (κ3) is 7.45. The number of amides is 2. The molecule has 0 aliphatic heterocycles. The Labute approximate surface area is 223 Å². The molecule has 0 unspecified atom stereocenters. The van der Waals surface area contributed by atoms with Crippen molar-refractivity contribution in [1.29, 1.82) is 0 Å². The maximum Gasteiger partial charge on any atom is 0.287 e. The number of benzene rings is 1. The second-order valence-electron chi connectivity index (χ2n) is 10.9. The Kier molecular flexibility index (Phi) is 9.58. The molecule has 0 spiro atoms. The molecular formula is C29H40N4O5. The van der Waals surface area contributed by atoms with E-state index in [1.165, 1.54) is 12.7 Å². The van der Waals surface area contributed by atoms with Gasteiger partial charge in [-0.15, -0.1) is 0 Å². The van der Waals surface area contributed by atoms with Crippen LogP contribution in [-0.4, -0.2) is 56.3 Å². The number of aromatic nitrogens is 2. The van der Waals surface area contributed by atoms with Crippen molar-refractivity contribution >= 4 is 22.8 Å². The molecule has 5 N–H and O–H groups in total. The lowest BCUT2D eigenvalue weighted by Crippen LogP contribution is -2.54. The molecule has 2 heterocycles. The molecule has 2 amide bonds. The van der Waals surface area contributed by atoms with Crippen LogP contribution in [0.4, 0.5) is 0 Å². The number of carbonyl (C=O) groups is 2. The molecule has 0 radical (unpaired) electrons. The zero-order chi connectivity index (χ0) is 27.1. The molecule has 3 aromatic rings. The number of fused-ring (bicyclic) bond motifs is 1. The summed E-state index contributed by atoms with van der Waals surface area (Å²) in [7, 11) is 0. The van der Waals surface area contributed by atoms with Crippen molar-refractivity contribution in [2.75, 3.05) is 0 Å². The summed E-state index contributed by atoms with van der Waals surface area (Å²) in [6, 6.07) is 7.52. The van der Waals surface area contributed by atoms with Gasteiger partial charge in [0.15, 0.2) is 5.76 Å². The van der Waals surface area contributed by atoms with Gasteiger partial charge in [-0.1, -0.05) is 64.2 Å². The number of aliphatic hydroxyl groups is 2. The number of nitrogens with zero attached hydrogens (tertiary/aromatic N) is 1. The number of nitrogens with one attached hydrogen (secondary N) is 3. The van der Waals surface area contributed by atoms with Gasteiger partial charge in [0.25, 0.3) is 5.91 Å². The highest BCUT2D eigenvalue weighted by Crippen LogP contribution is 2.29. The number of aromatic amines is 1. The standard InChI is InChI=1S/C29H40N4O5/c1-18(2)24(34)15-25(35)22(12-19-8-4-3-5-9-19)32-28(36)23(14-21-16-30-17-31-21)33-29(37)27-13-20-10-6-7-11-26(20)38-27/h6-7,10-11,13,16-19,22-25,34-35H,3-5,8-9,12,14-15H2,1-2H3,(H,30,31)(H,32,36)(H,33,37)/t22-,23-,24-,25-/m0/s1. The van der Waals surface area contributed by atoms with Gasteiger partial charge in [-0.2, -0.15) is 0 Å². The number of rotatable bonds is 12. The van der Waals surface area contributed by atoms with E-state index in [9.17, 15) is 19.8 Å². The lowest BCUT2D eigenvalue weighted by Gasteiger charge is -2.32. The number of H-pyrrole nitrogens is 1. The Morgan fingerprint density at radius 3 is 2.55 bits per heavy atom. The van der Waals surface area contributed by atoms with E-state index in [0.29, 0.717) is 23.6 Å². The summed E-state index contributed by atoms with van der Waals surface area (Å²) in [5.41, 5.74) is 1.28. The number of furan rings is 1. The summed E-state index contributed by atoms with van der Waals surface area (Å²) in [4.78, 5) is 33.8. The largest absolute Gasteiger partial charge is 0.451 e. The molecular weight excluding hydrogens is 484 g/mol. The van der Waals surface area contributed by atoms with Gasteiger partial charge in [-0.3, -0.25) is 9.59 Å². The fraction of sp³-hybridized carbons (Fsp3) is 0.552. The van der Waals surface area contributed by atoms with Crippen LogP contribution < -0.4 is 10.6 Å². The van der Waals surface area contributed by atoms with Crippen molar-refractivity contribution < 1.29 is 24.2 Å². The number of carbonyl (C=O) groups excluding carboxylic acids is 2. The van der Waals surface area contributed by atoms with E-state index in [0.717, 1.165) is 31.1 Å². The SMILES string of the molecule is CC(C)[C@@H](O)C[C@H](O)[C@H](CC1CCCCC1)NC(=O)[C@H](Cc1cnc[nH]1)NC(=O)c1cc2ccccc2o1. The highest BCUT2D eigenvalue weighted by molar-refractivity contribution is 5.98. The molecule has 0 saturated heterocycles. The average Bonchev–Trinajstić information content (AvgIpc) is 3.58. The van der Waals surface area contributed by atoms with E-state index in [1.54, 1.807) is 18.3 Å². The smallest absolute Gasteiger partial charge is 0.287 e. The van der Waals surface area contributed by atoms with E-state index in [4.69, 9.17) is 4.42 Å². The lowest BCUT2D eigenvalue weighted by molar-refractivity contribution is -0.125. The second kappa shape index (κ2) is 13.1. The second-order valence-corrected chi connectivity index (χ2v) is 10.9. The third-order valence-corrected chi connectivity index (χ3v) is 7.61. The molecule has 38 heavy (non-hydrogen) atoms. The van der Waals surface area contributed by atoms with Crippen LogP contribution in [0.1, 0.15) is 75.0 Å². The minimum atomic E-state index is -0.924. The van der Waals surface area contributed by atoms with Crippen LogP contribution in [0.2, 0.25) is 0 Å². The molecule has 4 atom stereocenters. The average molecular weight is 525 g/mol. The molecule has 1 aliphatic rings. The zero-order valence-electron chi connectivity index (χ0n) is 22.2. The van der Waals surface area contributed by atoms with Crippen molar-refractivity contribution in [3.63, 3.8) is 0 Å². The van der Waals surface area contributed by atoms with Crippen molar-refractivity contribution in [3.8, 4) is 0 Å². The summed E-state index contributed by atoms with van der Waals surface area (Å²) in [6.45, 7) is 3.81. The van der Waals surface area contributed by atoms with Crippen LogP contribution in [0.5, 0.6) is 0 Å². The fourth-order valence-corrected chi connectivity index (χ4v) is 5.21. The third-order valence-electron chi connectivity index (χ3n) is 7.61. The fourth-order valence-electron chi connectivity index (χ4n) is 5.21. The Morgan fingerprint density at radius 2 is 1.87 bits per heavy atom. The zero-order valence-corrected chi connectivity index (χ0v) is 22.2. The molecule has 9 nitrogen and oxygen atoms in total. The van der Waals surface area contributed by atoms with E-state index in [1.807, 2.05) is 32.0 Å². The first-order chi connectivity index (χ1) is 18.3. The Bertz CT molecular complexity index is 1140. The van der Waals surface area contributed by atoms with Crippen LogP contribution >= 0.6 is 0 Å². The summed E-state index contributed by atoms with van der Waals surface area (Å²) in [5.74, 6) is -0.390. The summed E-state index contributed by atoms with van der Waals surface area (Å²) in [5, 5.41) is 28.2. The minimum Gasteiger partial charge on any atom is -0.451 e. The number of hydrogen-bond acceptors (Lipinski definition) is 6. The van der Waals surface area contributed by atoms with Crippen LogP contribution in [-0.2, 0) is 11.2 Å². The Morgan fingerprint density at radius 1 is 1.11 bits per heavy atom. The summed E-state index contributed by atoms with van der Waals surface area (Å²) >= 11 is 0. The van der Waals surface area contributed by atoms with Gasteiger partial charge in [-0.25, -0.2) is 4.98 Å². The monoisotopic (exact) mass is 524 g/mol. The van der Waals surface area contributed by atoms with Gasteiger partial charge in [-0.05, 0) is 30.4 Å². The number of imidazole rings is 1. The summed E-state index contributed by atoms with van der Waals surface area (Å²) < 4.78 is 5.70. The normalized spacial score (nSPS) is 17.7. The van der Waals surface area contributed by atoms with Gasteiger partial charge in [0.1, 0.15) is 11.6 Å². The quantitative estimate of drug-likeness (QED) is 0.245. The van der Waals surface area contributed by atoms with Gasteiger partial charge in [0.05, 0.1) is 24.6 Å². The molecule has 4 rings (SSSR count). The van der Waals surface area contributed by atoms with Crippen LogP contribution in [0.25, 0.3) is 11.0 Å². The van der Waals surface area contributed by atoms with Crippen molar-refractivity contribution in [1.82, 2.24) is 20.6 Å². The maximum absolute atomic E-state index is 13.6. The van der Waals surface area contributed by atoms with E-state index < -0.39 is 36.1 Å². The molecule has 206 valence electrons. The molecule has 1 aromatic carbocycles. The molecule has 0 bridgehead atoms. The molecule has 9 heteroatoms. The maximum atomic E-state index is 13.6. The van der Waals surface area contributed by atoms with Crippen molar-refractivity contribution in [3.05, 3.63) is 54.3 Å². The number of para-hydroxylation sites is 1. The van der Waals surface area contributed by atoms with Gasteiger partial charge in [0, 0.05) is 30.1 Å². The first-order valence-corrected chi connectivity index (χ1v) is 13.7. The lowest BCUT2D eigenvalue weighted by atomic mass is 9.82. The van der Waals surface area contributed by atoms with Crippen LogP contribution in [0.3, 0.4) is 0 Å². The minimum absolute atomic E-state index is 0.00749. The van der Waals surface area contributed by atoms with E-state index >= 15 is 0 Å². The van der Waals surface area contributed by atoms with Gasteiger partial charge < -0.3 is 30.2 Å². The first-order valence-electron chi connectivity index (χ1n) is 13.7. The molecule has 2 aromatic heterocycles. The summed E-state index contributed by atoms with van der Waals surface area (Å²) in [6.07, 6.45) is 8.17. The van der Waals surface area contributed by atoms with Gasteiger partial charge >= 0.3 is 0 Å². The van der Waals surface area contributed by atoms with Crippen LogP contribution in [0, 0.1) is 11.8 Å². The Balaban J connectivity index is 1.51.